The molecule has 0 bridgehead atoms. The summed E-state index contributed by atoms with van der Waals surface area (Å²) in [7, 11) is 0. The van der Waals surface area contributed by atoms with Gasteiger partial charge in [-0.05, 0) is 19.3 Å². The van der Waals surface area contributed by atoms with Gasteiger partial charge in [-0.2, -0.15) is 0 Å². The first-order valence-electron chi connectivity index (χ1n) is 5.26. The molecule has 4 heteroatoms. The normalized spacial score (nSPS) is 25.2. The highest BCUT2D eigenvalue weighted by Gasteiger charge is 2.27. The number of hydrogen-bond donors (Lipinski definition) is 1. The molecule has 0 aromatic carbocycles. The lowest BCUT2D eigenvalue weighted by Crippen LogP contribution is -2.45. The maximum atomic E-state index is 11.6. The fourth-order valence-electron chi connectivity index (χ4n) is 1.75. The van der Waals surface area contributed by atoms with E-state index < -0.39 is 0 Å². The predicted molar refractivity (Wildman–Crippen MR) is 59.4 cm³/mol. The first-order valence-corrected chi connectivity index (χ1v) is 6.17. The number of hydrogen-bond acceptors (Lipinski definition) is 2. The van der Waals surface area contributed by atoms with E-state index in [9.17, 15) is 9.90 Å². The van der Waals surface area contributed by atoms with Gasteiger partial charge in [-0.3, -0.25) is 4.79 Å². The Kier molecular flexibility index (Phi) is 4.89. The van der Waals surface area contributed by atoms with Crippen molar-refractivity contribution in [1.29, 1.82) is 0 Å². The molecule has 14 heavy (non-hydrogen) atoms. The minimum absolute atomic E-state index is 0.0370. The van der Waals surface area contributed by atoms with Gasteiger partial charge in [0.15, 0.2) is 0 Å². The zero-order chi connectivity index (χ0) is 10.6. The standard InChI is InChI=1S/C10H18BrNO2/c1-2-4-8(13)7-12-6-3-5-9(11)10(12)14/h8-9,13H,2-7H2,1H3. The van der Waals surface area contributed by atoms with Gasteiger partial charge in [0.05, 0.1) is 10.9 Å². The molecule has 1 amide bonds. The molecule has 3 nitrogen and oxygen atoms in total. The van der Waals surface area contributed by atoms with E-state index in [1.165, 1.54) is 0 Å². The van der Waals surface area contributed by atoms with Crippen molar-refractivity contribution in [2.75, 3.05) is 13.1 Å². The summed E-state index contributed by atoms with van der Waals surface area (Å²) < 4.78 is 0. The number of alkyl halides is 1. The van der Waals surface area contributed by atoms with Crippen molar-refractivity contribution in [2.45, 2.75) is 43.5 Å². The number of halogens is 1. The number of amides is 1. The number of aliphatic hydroxyl groups excluding tert-OH is 1. The summed E-state index contributed by atoms with van der Waals surface area (Å²) in [4.78, 5) is 13.4. The minimum Gasteiger partial charge on any atom is -0.391 e. The molecule has 82 valence electrons. The number of likely N-dealkylation sites (tertiary alicyclic amines) is 1. The van der Waals surface area contributed by atoms with Gasteiger partial charge in [0.25, 0.3) is 0 Å². The highest BCUT2D eigenvalue weighted by atomic mass is 79.9. The largest absolute Gasteiger partial charge is 0.391 e. The molecule has 0 radical (unpaired) electrons. The van der Waals surface area contributed by atoms with Gasteiger partial charge in [-0.1, -0.05) is 29.3 Å². The summed E-state index contributed by atoms with van der Waals surface area (Å²) in [6, 6.07) is 0. The third-order valence-electron chi connectivity index (χ3n) is 2.52. The van der Waals surface area contributed by atoms with Crippen LogP contribution in [0.25, 0.3) is 0 Å². The van der Waals surface area contributed by atoms with Gasteiger partial charge in [0, 0.05) is 13.1 Å². The summed E-state index contributed by atoms with van der Waals surface area (Å²) in [6.45, 7) is 3.32. The topological polar surface area (TPSA) is 40.5 Å². The molecule has 1 N–H and O–H groups in total. The Balaban J connectivity index is 2.39. The second-order valence-electron chi connectivity index (χ2n) is 3.84. The Hall–Kier alpha value is -0.0900. The van der Waals surface area contributed by atoms with E-state index in [0.717, 1.165) is 32.2 Å². The Labute approximate surface area is 93.6 Å². The SMILES string of the molecule is CCCC(O)CN1CCCC(Br)C1=O. The second-order valence-corrected chi connectivity index (χ2v) is 4.94. The molecule has 0 saturated carbocycles. The van der Waals surface area contributed by atoms with Crippen LogP contribution in [0.4, 0.5) is 0 Å². The quantitative estimate of drug-likeness (QED) is 0.782. The van der Waals surface area contributed by atoms with Crippen molar-refractivity contribution in [2.24, 2.45) is 0 Å². The Morgan fingerprint density at radius 3 is 3.07 bits per heavy atom. The van der Waals surface area contributed by atoms with Gasteiger partial charge in [-0.15, -0.1) is 0 Å². The summed E-state index contributed by atoms with van der Waals surface area (Å²) in [6.07, 6.45) is 3.32. The monoisotopic (exact) mass is 263 g/mol. The van der Waals surface area contributed by atoms with Crippen LogP contribution in [-0.4, -0.2) is 39.9 Å². The predicted octanol–water partition coefficient (Wildman–Crippen LogP) is 1.53. The zero-order valence-corrected chi connectivity index (χ0v) is 10.2. The number of aliphatic hydroxyl groups is 1. The maximum absolute atomic E-state index is 11.6. The van der Waals surface area contributed by atoms with Crippen LogP contribution in [0.3, 0.4) is 0 Å². The van der Waals surface area contributed by atoms with E-state index in [1.54, 1.807) is 4.90 Å². The molecule has 0 spiro atoms. The van der Waals surface area contributed by atoms with Crippen molar-refractivity contribution < 1.29 is 9.90 Å². The van der Waals surface area contributed by atoms with Crippen molar-refractivity contribution in [3.05, 3.63) is 0 Å². The molecule has 1 aliphatic rings. The first-order chi connectivity index (χ1) is 6.65. The van der Waals surface area contributed by atoms with Crippen LogP contribution in [-0.2, 0) is 4.79 Å². The highest BCUT2D eigenvalue weighted by Crippen LogP contribution is 2.18. The Bertz CT molecular complexity index is 199. The molecule has 0 aromatic heterocycles. The molecule has 1 saturated heterocycles. The molecular formula is C10H18BrNO2. The zero-order valence-electron chi connectivity index (χ0n) is 8.58. The van der Waals surface area contributed by atoms with Crippen molar-refractivity contribution in [3.63, 3.8) is 0 Å². The fraction of sp³-hybridized carbons (Fsp3) is 0.900. The lowest BCUT2D eigenvalue weighted by atomic mass is 10.1. The first kappa shape index (κ1) is 12.0. The number of carbonyl (C=O) groups excluding carboxylic acids is 1. The smallest absolute Gasteiger partial charge is 0.236 e. The van der Waals surface area contributed by atoms with E-state index in [0.29, 0.717) is 6.54 Å². The third kappa shape index (κ3) is 3.24. The molecule has 2 atom stereocenters. The van der Waals surface area contributed by atoms with Crippen LogP contribution in [0.5, 0.6) is 0 Å². The van der Waals surface area contributed by atoms with Crippen LogP contribution in [0.15, 0.2) is 0 Å². The number of carbonyl (C=O) groups is 1. The van der Waals surface area contributed by atoms with Gasteiger partial charge >= 0.3 is 0 Å². The molecule has 1 heterocycles. The van der Waals surface area contributed by atoms with Crippen molar-refractivity contribution in [1.82, 2.24) is 4.90 Å². The van der Waals surface area contributed by atoms with E-state index in [1.807, 2.05) is 6.92 Å². The molecule has 0 aromatic rings. The van der Waals surface area contributed by atoms with Crippen LogP contribution in [0, 0.1) is 0 Å². The Morgan fingerprint density at radius 2 is 2.43 bits per heavy atom. The average molecular weight is 264 g/mol. The summed E-state index contributed by atoms with van der Waals surface area (Å²) in [5.74, 6) is 0.131. The van der Waals surface area contributed by atoms with Crippen LogP contribution in [0.2, 0.25) is 0 Å². The molecule has 0 aliphatic carbocycles. The van der Waals surface area contributed by atoms with E-state index in [4.69, 9.17) is 0 Å². The number of nitrogens with zero attached hydrogens (tertiary/aromatic N) is 1. The lowest BCUT2D eigenvalue weighted by molar-refractivity contribution is -0.133. The highest BCUT2D eigenvalue weighted by molar-refractivity contribution is 9.10. The molecule has 2 unspecified atom stereocenters. The number of β-amino-alcohol motifs (C(OH)–C–C–N with tert-alkyl or cyclic N) is 1. The second kappa shape index (κ2) is 5.71. The van der Waals surface area contributed by atoms with Crippen LogP contribution < -0.4 is 0 Å². The maximum Gasteiger partial charge on any atom is 0.236 e. The molecule has 1 rings (SSSR count). The van der Waals surface area contributed by atoms with E-state index in [-0.39, 0.29) is 16.8 Å². The summed E-state index contributed by atoms with van der Waals surface area (Å²) in [5.41, 5.74) is 0. The molecule has 1 aliphatic heterocycles. The lowest BCUT2D eigenvalue weighted by Gasteiger charge is -2.31. The molecule has 1 fully saturated rings. The third-order valence-corrected chi connectivity index (χ3v) is 3.37. The fourth-order valence-corrected chi connectivity index (χ4v) is 2.37. The van der Waals surface area contributed by atoms with Crippen LogP contribution in [0.1, 0.15) is 32.6 Å². The van der Waals surface area contributed by atoms with Crippen LogP contribution >= 0.6 is 15.9 Å². The minimum atomic E-state index is -0.359. The summed E-state index contributed by atoms with van der Waals surface area (Å²) >= 11 is 3.35. The van der Waals surface area contributed by atoms with Gasteiger partial charge in [0.1, 0.15) is 0 Å². The van der Waals surface area contributed by atoms with E-state index in [2.05, 4.69) is 15.9 Å². The van der Waals surface area contributed by atoms with E-state index >= 15 is 0 Å². The Morgan fingerprint density at radius 1 is 1.71 bits per heavy atom. The summed E-state index contributed by atoms with van der Waals surface area (Å²) in [5, 5.41) is 9.60. The van der Waals surface area contributed by atoms with Gasteiger partial charge < -0.3 is 10.0 Å². The van der Waals surface area contributed by atoms with Crippen molar-refractivity contribution >= 4 is 21.8 Å². The van der Waals surface area contributed by atoms with Gasteiger partial charge in [-0.25, -0.2) is 0 Å². The average Bonchev–Trinajstić information content (AvgIpc) is 2.13. The molecular weight excluding hydrogens is 246 g/mol. The van der Waals surface area contributed by atoms with Gasteiger partial charge in [0.2, 0.25) is 5.91 Å². The number of piperidine rings is 1. The number of rotatable bonds is 4. The van der Waals surface area contributed by atoms with Crippen molar-refractivity contribution in [3.8, 4) is 0 Å².